The van der Waals surface area contributed by atoms with E-state index in [-0.39, 0.29) is 17.9 Å². The van der Waals surface area contributed by atoms with Gasteiger partial charge in [-0.15, -0.1) is 0 Å². The fourth-order valence-electron chi connectivity index (χ4n) is 2.71. The van der Waals surface area contributed by atoms with Crippen molar-refractivity contribution in [1.82, 2.24) is 0 Å². The van der Waals surface area contributed by atoms with Gasteiger partial charge in [0.2, 0.25) is 5.91 Å². The van der Waals surface area contributed by atoms with Gasteiger partial charge < -0.3 is 10.4 Å². The maximum atomic E-state index is 12.4. The van der Waals surface area contributed by atoms with Crippen LogP contribution in [0.25, 0.3) is 11.1 Å². The Morgan fingerprint density at radius 2 is 1.36 bits per heavy atom. The van der Waals surface area contributed by atoms with Crippen molar-refractivity contribution in [3.63, 3.8) is 0 Å². The first-order chi connectivity index (χ1) is 12.1. The normalized spacial score (nSPS) is 10.2. The van der Waals surface area contributed by atoms with Gasteiger partial charge in [0.15, 0.2) is 0 Å². The molecule has 0 aromatic heterocycles. The van der Waals surface area contributed by atoms with Gasteiger partial charge in [0.05, 0.1) is 12.0 Å². The Balaban J connectivity index is 1.90. The van der Waals surface area contributed by atoms with Crippen LogP contribution >= 0.6 is 0 Å². The average Bonchev–Trinajstić information content (AvgIpc) is 2.63. The number of benzene rings is 3. The molecule has 124 valence electrons. The molecule has 0 saturated heterocycles. The van der Waals surface area contributed by atoms with Crippen LogP contribution in [0.5, 0.6) is 0 Å². The van der Waals surface area contributed by atoms with Crippen molar-refractivity contribution in [3.8, 4) is 11.1 Å². The quantitative estimate of drug-likeness (QED) is 0.735. The maximum Gasteiger partial charge on any atom is 0.336 e. The second-order valence-electron chi connectivity index (χ2n) is 5.61. The lowest BCUT2D eigenvalue weighted by atomic mass is 9.98. The third-order valence-corrected chi connectivity index (χ3v) is 3.86. The zero-order valence-electron chi connectivity index (χ0n) is 13.5. The molecule has 0 saturated carbocycles. The van der Waals surface area contributed by atoms with E-state index in [1.54, 1.807) is 36.4 Å². The molecule has 3 aromatic rings. The van der Waals surface area contributed by atoms with Crippen molar-refractivity contribution in [1.29, 1.82) is 0 Å². The van der Waals surface area contributed by atoms with E-state index >= 15 is 0 Å². The molecule has 0 unspecified atom stereocenters. The fraction of sp³-hybridized carbons (Fsp3) is 0.0476. The van der Waals surface area contributed by atoms with Gasteiger partial charge in [-0.3, -0.25) is 4.79 Å². The molecular formula is C21H17NO3. The zero-order valence-corrected chi connectivity index (χ0v) is 13.5. The highest BCUT2D eigenvalue weighted by molar-refractivity contribution is 6.01. The van der Waals surface area contributed by atoms with E-state index in [1.165, 1.54) is 0 Å². The third kappa shape index (κ3) is 3.93. The molecule has 3 rings (SSSR count). The monoisotopic (exact) mass is 331 g/mol. The van der Waals surface area contributed by atoms with Crippen LogP contribution < -0.4 is 5.32 Å². The van der Waals surface area contributed by atoms with E-state index in [2.05, 4.69) is 5.32 Å². The van der Waals surface area contributed by atoms with Crippen molar-refractivity contribution in [2.75, 3.05) is 5.32 Å². The molecule has 0 fully saturated rings. The number of carbonyl (C=O) groups is 2. The predicted molar refractivity (Wildman–Crippen MR) is 97.6 cm³/mol. The molecule has 4 heteroatoms. The smallest absolute Gasteiger partial charge is 0.336 e. The Bertz CT molecular complexity index is 904. The summed E-state index contributed by atoms with van der Waals surface area (Å²) in [6.45, 7) is 0. The Morgan fingerprint density at radius 1 is 0.760 bits per heavy atom. The number of hydrogen-bond acceptors (Lipinski definition) is 2. The number of nitrogens with one attached hydrogen (secondary N) is 1. The standard InChI is InChI=1S/C21H17NO3/c23-20(14-15-8-2-1-3-9-15)22-19-13-7-6-11-17(19)16-10-4-5-12-18(16)21(24)25/h1-13H,14H2,(H,22,23)(H,24,25). The number of anilines is 1. The topological polar surface area (TPSA) is 66.4 Å². The molecule has 3 aromatic carbocycles. The summed E-state index contributed by atoms with van der Waals surface area (Å²) in [5, 5.41) is 12.3. The minimum atomic E-state index is -0.999. The molecule has 0 bridgehead atoms. The van der Waals surface area contributed by atoms with Crippen LogP contribution in [0.15, 0.2) is 78.9 Å². The van der Waals surface area contributed by atoms with Gasteiger partial charge >= 0.3 is 5.97 Å². The van der Waals surface area contributed by atoms with E-state index in [9.17, 15) is 14.7 Å². The lowest BCUT2D eigenvalue weighted by Crippen LogP contribution is -2.15. The number of carboxylic acid groups (broad SMARTS) is 1. The van der Waals surface area contributed by atoms with Gasteiger partial charge in [-0.1, -0.05) is 66.7 Å². The Kier molecular flexibility index (Phi) is 4.90. The minimum Gasteiger partial charge on any atom is -0.478 e. The summed E-state index contributed by atoms with van der Waals surface area (Å²) in [6, 6.07) is 23.4. The lowest BCUT2D eigenvalue weighted by molar-refractivity contribution is -0.115. The van der Waals surface area contributed by atoms with Crippen LogP contribution in [-0.2, 0) is 11.2 Å². The van der Waals surface area contributed by atoms with E-state index in [0.29, 0.717) is 16.8 Å². The van der Waals surface area contributed by atoms with Crippen molar-refractivity contribution < 1.29 is 14.7 Å². The molecule has 0 atom stereocenters. The third-order valence-electron chi connectivity index (χ3n) is 3.86. The summed E-state index contributed by atoms with van der Waals surface area (Å²) in [4.78, 5) is 23.8. The molecule has 4 nitrogen and oxygen atoms in total. The minimum absolute atomic E-state index is 0.147. The molecule has 0 spiro atoms. The van der Waals surface area contributed by atoms with E-state index < -0.39 is 5.97 Å². The number of carbonyl (C=O) groups excluding carboxylic acids is 1. The maximum absolute atomic E-state index is 12.4. The highest BCUT2D eigenvalue weighted by Crippen LogP contribution is 2.30. The van der Waals surface area contributed by atoms with Crippen LogP contribution in [0.2, 0.25) is 0 Å². The van der Waals surface area contributed by atoms with Gasteiger partial charge in [0.1, 0.15) is 0 Å². The van der Waals surface area contributed by atoms with Crippen molar-refractivity contribution >= 4 is 17.6 Å². The summed E-state index contributed by atoms with van der Waals surface area (Å²) in [5.41, 5.74) is 2.97. The number of carboxylic acids is 1. The van der Waals surface area contributed by atoms with Gasteiger partial charge in [-0.2, -0.15) is 0 Å². The van der Waals surface area contributed by atoms with Gasteiger partial charge in [0.25, 0.3) is 0 Å². The van der Waals surface area contributed by atoms with Crippen molar-refractivity contribution in [2.24, 2.45) is 0 Å². The summed E-state index contributed by atoms with van der Waals surface area (Å²) in [7, 11) is 0. The Labute approximate surface area is 145 Å². The van der Waals surface area contributed by atoms with Crippen LogP contribution in [0.4, 0.5) is 5.69 Å². The number of rotatable bonds is 5. The van der Waals surface area contributed by atoms with Crippen LogP contribution in [-0.4, -0.2) is 17.0 Å². The molecular weight excluding hydrogens is 314 g/mol. The average molecular weight is 331 g/mol. The molecule has 0 aliphatic carbocycles. The number of para-hydroxylation sites is 1. The van der Waals surface area contributed by atoms with Crippen LogP contribution in [0.3, 0.4) is 0 Å². The molecule has 25 heavy (non-hydrogen) atoms. The summed E-state index contributed by atoms with van der Waals surface area (Å²) < 4.78 is 0. The lowest BCUT2D eigenvalue weighted by Gasteiger charge is -2.13. The van der Waals surface area contributed by atoms with E-state index in [4.69, 9.17) is 0 Å². The summed E-state index contributed by atoms with van der Waals surface area (Å²) >= 11 is 0. The van der Waals surface area contributed by atoms with E-state index in [0.717, 1.165) is 5.56 Å². The van der Waals surface area contributed by atoms with Gasteiger partial charge in [0, 0.05) is 11.3 Å². The van der Waals surface area contributed by atoms with Crippen LogP contribution in [0.1, 0.15) is 15.9 Å². The molecule has 1 amide bonds. The highest BCUT2D eigenvalue weighted by atomic mass is 16.4. The van der Waals surface area contributed by atoms with Crippen molar-refractivity contribution in [3.05, 3.63) is 90.0 Å². The predicted octanol–water partition coefficient (Wildman–Crippen LogP) is 4.23. The molecule has 0 heterocycles. The molecule has 0 radical (unpaired) electrons. The summed E-state index contributed by atoms with van der Waals surface area (Å²) in [6.07, 6.45) is 0.260. The van der Waals surface area contributed by atoms with Gasteiger partial charge in [-0.05, 0) is 23.3 Å². The summed E-state index contributed by atoms with van der Waals surface area (Å²) in [5.74, 6) is -1.15. The Morgan fingerprint density at radius 3 is 2.08 bits per heavy atom. The second-order valence-corrected chi connectivity index (χ2v) is 5.61. The molecule has 0 aliphatic heterocycles. The fourth-order valence-corrected chi connectivity index (χ4v) is 2.71. The number of amides is 1. The highest BCUT2D eigenvalue weighted by Gasteiger charge is 2.15. The zero-order chi connectivity index (χ0) is 17.6. The molecule has 2 N–H and O–H groups in total. The number of hydrogen-bond donors (Lipinski definition) is 2. The second kappa shape index (κ2) is 7.45. The SMILES string of the molecule is O=C(Cc1ccccc1)Nc1ccccc1-c1ccccc1C(=O)O. The van der Waals surface area contributed by atoms with Gasteiger partial charge in [-0.25, -0.2) is 4.79 Å². The van der Waals surface area contributed by atoms with E-state index in [1.807, 2.05) is 42.5 Å². The number of aromatic carboxylic acids is 1. The first kappa shape index (κ1) is 16.5. The van der Waals surface area contributed by atoms with Crippen molar-refractivity contribution in [2.45, 2.75) is 6.42 Å². The first-order valence-corrected chi connectivity index (χ1v) is 7.90. The largest absolute Gasteiger partial charge is 0.478 e. The first-order valence-electron chi connectivity index (χ1n) is 7.90. The van der Waals surface area contributed by atoms with Crippen LogP contribution in [0, 0.1) is 0 Å². The molecule has 0 aliphatic rings. The Hall–Kier alpha value is -3.40.